The van der Waals surface area contributed by atoms with Crippen LogP contribution in [0.15, 0.2) is 24.3 Å². The van der Waals surface area contributed by atoms with Crippen LogP contribution in [0.1, 0.15) is 6.92 Å². The van der Waals surface area contributed by atoms with Crippen LogP contribution in [-0.2, 0) is 19.1 Å². The molecule has 0 aromatic heterocycles. The van der Waals surface area contributed by atoms with Gasteiger partial charge in [-0.3, -0.25) is 9.59 Å². The van der Waals surface area contributed by atoms with Crippen LogP contribution in [0.4, 0.5) is 4.39 Å². The molecule has 0 saturated carbocycles. The van der Waals surface area contributed by atoms with Gasteiger partial charge in [-0.2, -0.15) is 0 Å². The van der Waals surface area contributed by atoms with Gasteiger partial charge in [0, 0.05) is 6.54 Å². The second-order valence-corrected chi connectivity index (χ2v) is 4.13. The number of carbonyl (C=O) groups excluding carboxylic acids is 3. The summed E-state index contributed by atoms with van der Waals surface area (Å²) in [5.41, 5.74) is 0. The van der Waals surface area contributed by atoms with Gasteiger partial charge in [-0.05, 0) is 31.2 Å². The second-order valence-electron chi connectivity index (χ2n) is 4.13. The molecule has 1 aromatic rings. The molecule has 0 aliphatic heterocycles. The first kappa shape index (κ1) is 17.4. The molecule has 2 amide bonds. The van der Waals surface area contributed by atoms with Gasteiger partial charge in [0.1, 0.15) is 11.6 Å². The van der Waals surface area contributed by atoms with E-state index in [-0.39, 0.29) is 12.5 Å². The zero-order valence-electron chi connectivity index (χ0n) is 12.1. The number of carbonyl (C=O) groups is 3. The van der Waals surface area contributed by atoms with Crippen LogP contribution in [0.5, 0.6) is 5.75 Å². The van der Waals surface area contributed by atoms with Crippen molar-refractivity contribution in [3.05, 3.63) is 30.1 Å². The summed E-state index contributed by atoms with van der Waals surface area (Å²) in [6, 6.07) is 5.11. The molecule has 0 spiro atoms. The first-order valence-electron chi connectivity index (χ1n) is 6.58. The van der Waals surface area contributed by atoms with E-state index in [4.69, 9.17) is 4.74 Å². The van der Waals surface area contributed by atoms with Crippen molar-refractivity contribution in [3.63, 3.8) is 0 Å². The third-order valence-electron chi connectivity index (χ3n) is 2.35. The minimum Gasteiger partial charge on any atom is -0.482 e. The number of halogens is 1. The Kier molecular flexibility index (Phi) is 7.38. The summed E-state index contributed by atoms with van der Waals surface area (Å²) in [6.07, 6.45) is 0. The number of hydrogen-bond acceptors (Lipinski definition) is 5. The maximum absolute atomic E-state index is 12.7. The van der Waals surface area contributed by atoms with Crippen LogP contribution in [0.25, 0.3) is 0 Å². The van der Waals surface area contributed by atoms with Gasteiger partial charge < -0.3 is 20.1 Å². The Bertz CT molecular complexity index is 518. The molecule has 8 heteroatoms. The predicted molar refractivity (Wildman–Crippen MR) is 74.5 cm³/mol. The summed E-state index contributed by atoms with van der Waals surface area (Å²) in [5, 5.41) is 4.79. The van der Waals surface area contributed by atoms with Crippen LogP contribution in [0, 0.1) is 5.82 Å². The monoisotopic (exact) mass is 312 g/mol. The van der Waals surface area contributed by atoms with Crippen molar-refractivity contribution >= 4 is 17.8 Å². The SMILES string of the molecule is CCNC(=O)CNC(=O)COC(=O)COc1ccc(F)cc1. The van der Waals surface area contributed by atoms with Crippen molar-refractivity contribution in [2.75, 3.05) is 26.3 Å². The van der Waals surface area contributed by atoms with E-state index in [1.165, 1.54) is 24.3 Å². The van der Waals surface area contributed by atoms with Gasteiger partial charge in [-0.15, -0.1) is 0 Å². The number of ether oxygens (including phenoxy) is 2. The van der Waals surface area contributed by atoms with Gasteiger partial charge in [-0.25, -0.2) is 9.18 Å². The average molecular weight is 312 g/mol. The van der Waals surface area contributed by atoms with Crippen LogP contribution in [-0.4, -0.2) is 44.1 Å². The Morgan fingerprint density at radius 3 is 2.36 bits per heavy atom. The molecule has 2 N–H and O–H groups in total. The number of likely N-dealkylation sites (N-methyl/N-ethyl adjacent to an activating group) is 1. The van der Waals surface area contributed by atoms with Crippen molar-refractivity contribution in [1.82, 2.24) is 10.6 Å². The van der Waals surface area contributed by atoms with Crippen molar-refractivity contribution in [1.29, 1.82) is 0 Å². The smallest absolute Gasteiger partial charge is 0.344 e. The van der Waals surface area contributed by atoms with Gasteiger partial charge in [0.05, 0.1) is 6.54 Å². The summed E-state index contributed by atoms with van der Waals surface area (Å²) in [6.45, 7) is 1.11. The van der Waals surface area contributed by atoms with Crippen LogP contribution in [0.2, 0.25) is 0 Å². The van der Waals surface area contributed by atoms with E-state index in [1.54, 1.807) is 6.92 Å². The molecule has 0 atom stereocenters. The molecule has 7 nitrogen and oxygen atoms in total. The normalized spacial score (nSPS) is 9.73. The lowest BCUT2D eigenvalue weighted by Crippen LogP contribution is -2.38. The zero-order chi connectivity index (χ0) is 16.4. The number of nitrogens with one attached hydrogen (secondary N) is 2. The van der Waals surface area contributed by atoms with Crippen molar-refractivity contribution < 1.29 is 28.2 Å². The zero-order valence-corrected chi connectivity index (χ0v) is 12.1. The summed E-state index contributed by atoms with van der Waals surface area (Å²) < 4.78 is 22.4. The first-order chi connectivity index (χ1) is 10.5. The quantitative estimate of drug-likeness (QED) is 0.659. The molecule has 22 heavy (non-hydrogen) atoms. The third-order valence-corrected chi connectivity index (χ3v) is 2.35. The molecule has 0 aliphatic rings. The van der Waals surface area contributed by atoms with E-state index in [1.807, 2.05) is 0 Å². The van der Waals surface area contributed by atoms with Crippen LogP contribution >= 0.6 is 0 Å². The molecule has 0 heterocycles. The van der Waals surface area contributed by atoms with E-state index in [0.29, 0.717) is 12.3 Å². The second kappa shape index (κ2) is 9.32. The number of hydrogen-bond donors (Lipinski definition) is 2. The Morgan fingerprint density at radius 1 is 1.05 bits per heavy atom. The van der Waals surface area contributed by atoms with Crippen molar-refractivity contribution in [2.45, 2.75) is 6.92 Å². The van der Waals surface area contributed by atoms with Gasteiger partial charge >= 0.3 is 5.97 Å². The van der Waals surface area contributed by atoms with Crippen molar-refractivity contribution in [2.24, 2.45) is 0 Å². The molecule has 0 bridgehead atoms. The van der Waals surface area contributed by atoms with Gasteiger partial charge in [0.15, 0.2) is 13.2 Å². The van der Waals surface area contributed by atoms with Gasteiger partial charge in [0.25, 0.3) is 5.91 Å². The molecule has 1 aromatic carbocycles. The third kappa shape index (κ3) is 7.22. The lowest BCUT2D eigenvalue weighted by Gasteiger charge is -2.08. The number of esters is 1. The summed E-state index contributed by atoms with van der Waals surface area (Å²) in [5.74, 6) is -1.79. The topological polar surface area (TPSA) is 93.7 Å². The Hall–Kier alpha value is -2.64. The predicted octanol–water partition coefficient (Wildman–Crippen LogP) is 0.000000000000000666. The fourth-order valence-electron chi connectivity index (χ4n) is 1.35. The molecule has 0 radical (unpaired) electrons. The molecule has 1 rings (SSSR count). The number of amides is 2. The average Bonchev–Trinajstić information content (AvgIpc) is 2.50. The largest absolute Gasteiger partial charge is 0.482 e. The van der Waals surface area contributed by atoms with Gasteiger partial charge in [-0.1, -0.05) is 0 Å². The van der Waals surface area contributed by atoms with E-state index in [9.17, 15) is 18.8 Å². The Morgan fingerprint density at radius 2 is 1.73 bits per heavy atom. The van der Waals surface area contributed by atoms with E-state index >= 15 is 0 Å². The fraction of sp³-hybridized carbons (Fsp3) is 0.357. The highest BCUT2D eigenvalue weighted by atomic mass is 19.1. The van der Waals surface area contributed by atoms with Crippen molar-refractivity contribution in [3.8, 4) is 5.75 Å². The molecule has 120 valence electrons. The highest BCUT2D eigenvalue weighted by molar-refractivity contribution is 5.86. The number of rotatable bonds is 8. The molecule has 0 unspecified atom stereocenters. The fourth-order valence-corrected chi connectivity index (χ4v) is 1.35. The van der Waals surface area contributed by atoms with Crippen LogP contribution < -0.4 is 15.4 Å². The Balaban J connectivity index is 2.18. The lowest BCUT2D eigenvalue weighted by molar-refractivity contribution is -0.150. The molecule has 0 aliphatic carbocycles. The van der Waals surface area contributed by atoms with E-state index in [2.05, 4.69) is 15.4 Å². The maximum atomic E-state index is 12.7. The minimum atomic E-state index is -0.752. The number of benzene rings is 1. The van der Waals surface area contributed by atoms with Gasteiger partial charge in [0.2, 0.25) is 5.91 Å². The van der Waals surface area contributed by atoms with E-state index in [0.717, 1.165) is 0 Å². The Labute approximate surface area is 126 Å². The van der Waals surface area contributed by atoms with Crippen LogP contribution in [0.3, 0.4) is 0 Å². The minimum absolute atomic E-state index is 0.184. The molecular formula is C14H17FN2O5. The lowest BCUT2D eigenvalue weighted by atomic mass is 10.3. The summed E-state index contributed by atoms with van der Waals surface area (Å²) >= 11 is 0. The highest BCUT2D eigenvalue weighted by Gasteiger charge is 2.09. The standard InChI is InChI=1S/C14H17FN2O5/c1-2-16-12(18)7-17-13(19)8-22-14(20)9-21-11-5-3-10(15)4-6-11/h3-6H,2,7-9H2,1H3,(H,16,18)(H,17,19). The maximum Gasteiger partial charge on any atom is 0.344 e. The highest BCUT2D eigenvalue weighted by Crippen LogP contribution is 2.10. The molecule has 0 saturated heterocycles. The first-order valence-corrected chi connectivity index (χ1v) is 6.58. The summed E-state index contributed by atoms with van der Waals surface area (Å²) in [7, 11) is 0. The summed E-state index contributed by atoms with van der Waals surface area (Å²) in [4.78, 5) is 33.8. The molecular weight excluding hydrogens is 295 g/mol. The molecule has 0 fully saturated rings. The van der Waals surface area contributed by atoms with E-state index < -0.39 is 30.9 Å².